The van der Waals surface area contributed by atoms with Crippen molar-refractivity contribution < 1.29 is 18.3 Å². The second-order valence-corrected chi connectivity index (χ2v) is 7.82. The fraction of sp³-hybridized carbons (Fsp3) is 0.316. The predicted molar refractivity (Wildman–Crippen MR) is 105 cm³/mol. The third-order valence-corrected chi connectivity index (χ3v) is 5.82. The van der Waals surface area contributed by atoms with Gasteiger partial charge in [-0.05, 0) is 37.1 Å². The molecule has 1 amide bonds. The number of aromatic nitrogens is 1. The highest BCUT2D eigenvalue weighted by Crippen LogP contribution is 2.50. The van der Waals surface area contributed by atoms with Crippen molar-refractivity contribution in [2.45, 2.75) is 24.5 Å². The highest BCUT2D eigenvalue weighted by Gasteiger charge is 2.54. The first kappa shape index (κ1) is 19.8. The summed E-state index contributed by atoms with van der Waals surface area (Å²) in [6.45, 7) is -0.947. The maximum absolute atomic E-state index is 14.7. The van der Waals surface area contributed by atoms with Crippen molar-refractivity contribution in [1.29, 1.82) is 0 Å². The van der Waals surface area contributed by atoms with Crippen LogP contribution < -0.4 is 11.1 Å². The molecule has 0 radical (unpaired) electrons. The lowest BCUT2D eigenvalue weighted by Crippen LogP contribution is -2.55. The van der Waals surface area contributed by atoms with E-state index in [9.17, 15) is 13.6 Å². The maximum Gasteiger partial charge on any atom is 0.283 e. The number of nitrogens with two attached hydrogens (primary N) is 1. The first-order valence-corrected chi connectivity index (χ1v) is 9.60. The third-order valence-electron chi connectivity index (χ3n) is 5.32. The van der Waals surface area contributed by atoms with Crippen LogP contribution in [0.2, 0.25) is 10.0 Å². The van der Waals surface area contributed by atoms with Crippen molar-refractivity contribution in [2.75, 3.05) is 12.0 Å². The van der Waals surface area contributed by atoms with E-state index in [-0.39, 0.29) is 45.0 Å². The highest BCUT2D eigenvalue weighted by molar-refractivity contribution is 6.36. The first-order valence-electron chi connectivity index (χ1n) is 8.84. The fourth-order valence-electron chi connectivity index (χ4n) is 3.79. The molecule has 1 fully saturated rings. The van der Waals surface area contributed by atoms with Crippen LogP contribution in [0.4, 0.5) is 14.5 Å². The number of nitrogens with one attached hydrogen (secondary N) is 1. The molecule has 3 atom stereocenters. The predicted octanol–water partition coefficient (Wildman–Crippen LogP) is 4.07. The zero-order chi connectivity index (χ0) is 20.8. The summed E-state index contributed by atoms with van der Waals surface area (Å²) in [6.07, 6.45) is 2.30. The van der Waals surface area contributed by atoms with Crippen LogP contribution in [-0.2, 0) is 10.3 Å². The molecule has 4 rings (SSSR count). The van der Waals surface area contributed by atoms with E-state index in [4.69, 9.17) is 33.7 Å². The minimum Gasteiger partial charge on any atom is -0.462 e. The number of anilines is 1. The Hall–Kier alpha value is -2.45. The van der Waals surface area contributed by atoms with Crippen LogP contribution >= 0.6 is 23.2 Å². The van der Waals surface area contributed by atoms with Crippen LogP contribution in [0, 0.1) is 11.7 Å². The molecule has 6 nitrogen and oxygen atoms in total. The molecule has 10 heteroatoms. The number of amides is 1. The molecule has 1 aliphatic carbocycles. The van der Waals surface area contributed by atoms with E-state index >= 15 is 0 Å². The number of hydrogen-bond donors (Lipinski definition) is 2. The van der Waals surface area contributed by atoms with Crippen molar-refractivity contribution in [2.24, 2.45) is 16.6 Å². The van der Waals surface area contributed by atoms with Gasteiger partial charge in [0.1, 0.15) is 29.8 Å². The third kappa shape index (κ3) is 3.40. The number of carbonyl (C=O) groups is 1. The second kappa shape index (κ2) is 7.42. The van der Waals surface area contributed by atoms with Crippen molar-refractivity contribution >= 4 is 40.8 Å². The van der Waals surface area contributed by atoms with Gasteiger partial charge in [-0.2, -0.15) is 0 Å². The number of alkyl halides is 1. The van der Waals surface area contributed by atoms with Gasteiger partial charge in [-0.25, -0.2) is 18.8 Å². The fourth-order valence-corrected chi connectivity index (χ4v) is 4.25. The zero-order valence-corrected chi connectivity index (χ0v) is 16.5. The van der Waals surface area contributed by atoms with Gasteiger partial charge in [-0.15, -0.1) is 0 Å². The number of amidine groups is 1. The summed E-state index contributed by atoms with van der Waals surface area (Å²) in [6, 6.07) is 5.07. The molecule has 1 aliphatic heterocycles. The lowest BCUT2D eigenvalue weighted by Gasteiger charge is -2.49. The number of pyridine rings is 1. The lowest BCUT2D eigenvalue weighted by molar-refractivity contribution is -0.0433. The number of ether oxygens (including phenoxy) is 1. The molecule has 2 aliphatic rings. The van der Waals surface area contributed by atoms with E-state index < -0.39 is 23.9 Å². The van der Waals surface area contributed by atoms with Gasteiger partial charge in [0.2, 0.25) is 0 Å². The second-order valence-electron chi connectivity index (χ2n) is 6.98. The largest absolute Gasteiger partial charge is 0.462 e. The number of rotatable bonds is 4. The van der Waals surface area contributed by atoms with Crippen molar-refractivity contribution in [1.82, 2.24) is 4.98 Å². The van der Waals surface area contributed by atoms with Gasteiger partial charge in [0.25, 0.3) is 11.9 Å². The Morgan fingerprint density at radius 1 is 1.34 bits per heavy atom. The molecular formula is C19H16Cl2F2N4O2. The molecule has 29 heavy (non-hydrogen) atoms. The van der Waals surface area contributed by atoms with E-state index in [2.05, 4.69) is 15.3 Å². The molecule has 0 saturated heterocycles. The van der Waals surface area contributed by atoms with Gasteiger partial charge in [0.05, 0.1) is 10.0 Å². The Kier molecular flexibility index (Phi) is 5.08. The van der Waals surface area contributed by atoms with Gasteiger partial charge in [0.15, 0.2) is 0 Å². The average Bonchev–Trinajstić information content (AvgIpc) is 2.65. The average molecular weight is 441 g/mol. The summed E-state index contributed by atoms with van der Waals surface area (Å²) in [5, 5.41) is 2.94. The molecule has 1 aromatic heterocycles. The molecule has 3 N–H and O–H groups in total. The first-order chi connectivity index (χ1) is 13.8. The highest BCUT2D eigenvalue weighted by atomic mass is 35.5. The number of hydrogen-bond acceptors (Lipinski definition) is 5. The van der Waals surface area contributed by atoms with Gasteiger partial charge in [-0.1, -0.05) is 23.2 Å². The number of carbonyl (C=O) groups excluding carboxylic acids is 1. The van der Waals surface area contributed by atoms with Gasteiger partial charge >= 0.3 is 0 Å². The summed E-state index contributed by atoms with van der Waals surface area (Å²) in [4.78, 5) is 20.6. The SMILES string of the molecule is NC1=NC(CF)(c2cc(NC(=O)c3ncc(Cl)cc3Cl)ccc2F)C2CCC2O1. The molecule has 1 saturated carbocycles. The van der Waals surface area contributed by atoms with Crippen LogP contribution in [0.1, 0.15) is 28.9 Å². The van der Waals surface area contributed by atoms with E-state index in [1.54, 1.807) is 0 Å². The number of aliphatic imine (C=N–C) groups is 1. The van der Waals surface area contributed by atoms with E-state index in [0.717, 1.165) is 6.07 Å². The van der Waals surface area contributed by atoms with Crippen LogP contribution in [0.5, 0.6) is 0 Å². The molecule has 0 spiro atoms. The quantitative estimate of drug-likeness (QED) is 0.749. The maximum atomic E-state index is 14.7. The van der Waals surface area contributed by atoms with Gasteiger partial charge in [0, 0.05) is 23.4 Å². The Bertz CT molecular complexity index is 1020. The Balaban J connectivity index is 1.69. The minimum absolute atomic E-state index is 0.00825. The van der Waals surface area contributed by atoms with Crippen LogP contribution in [-0.4, -0.2) is 29.7 Å². The molecular weight excluding hydrogens is 425 g/mol. The van der Waals surface area contributed by atoms with Crippen molar-refractivity contribution in [3.63, 3.8) is 0 Å². The molecule has 2 aromatic rings. The van der Waals surface area contributed by atoms with Gasteiger partial charge < -0.3 is 15.8 Å². The summed E-state index contributed by atoms with van der Waals surface area (Å²) < 4.78 is 34.4. The van der Waals surface area contributed by atoms with Gasteiger partial charge in [-0.3, -0.25) is 4.79 Å². The lowest BCUT2D eigenvalue weighted by atomic mass is 9.65. The van der Waals surface area contributed by atoms with Crippen LogP contribution in [0.25, 0.3) is 0 Å². The Morgan fingerprint density at radius 2 is 2.14 bits per heavy atom. The van der Waals surface area contributed by atoms with E-state index in [0.29, 0.717) is 12.8 Å². The summed E-state index contributed by atoms with van der Waals surface area (Å²) in [5.74, 6) is -1.60. The van der Waals surface area contributed by atoms with E-state index in [1.165, 1.54) is 24.4 Å². The number of benzene rings is 1. The normalized spacial score (nSPS) is 25.3. The number of halogens is 4. The summed E-state index contributed by atoms with van der Waals surface area (Å²) in [5.41, 5.74) is 4.43. The van der Waals surface area contributed by atoms with Crippen LogP contribution in [0.15, 0.2) is 35.5 Å². The van der Waals surface area contributed by atoms with Crippen LogP contribution in [0.3, 0.4) is 0 Å². The molecule has 1 aromatic carbocycles. The summed E-state index contributed by atoms with van der Waals surface area (Å²) in [7, 11) is 0. The Morgan fingerprint density at radius 3 is 2.79 bits per heavy atom. The minimum atomic E-state index is -1.49. The molecule has 2 heterocycles. The summed E-state index contributed by atoms with van der Waals surface area (Å²) >= 11 is 11.8. The van der Waals surface area contributed by atoms with E-state index in [1.807, 2.05) is 0 Å². The zero-order valence-electron chi connectivity index (χ0n) is 15.0. The number of fused-ring (bicyclic) bond motifs is 1. The smallest absolute Gasteiger partial charge is 0.283 e. The molecule has 152 valence electrons. The number of nitrogens with zero attached hydrogens (tertiary/aromatic N) is 2. The molecule has 3 unspecified atom stereocenters. The Labute approximate surface area is 175 Å². The molecule has 0 bridgehead atoms. The van der Waals surface area contributed by atoms with Crippen molar-refractivity contribution in [3.8, 4) is 0 Å². The standard InChI is InChI=1S/C19H16Cl2F2N4O2/c20-9-5-13(21)16(25-7-9)17(28)26-10-1-3-14(23)12(6-10)19(8-22)11-2-4-15(11)29-18(24)27-19/h1,3,5-7,11,15H,2,4,8H2,(H2,24,27)(H,26,28). The monoisotopic (exact) mass is 440 g/mol. The van der Waals surface area contributed by atoms with Crippen molar-refractivity contribution in [3.05, 3.63) is 57.6 Å². The topological polar surface area (TPSA) is 89.6 Å².